The molecule has 11 amide bonds. The zero-order chi connectivity index (χ0) is 68.3. The molecule has 0 unspecified atom stereocenters. The Bertz CT molecular complexity index is 2450. The molecule has 0 aromatic rings. The number of aliphatic hydroxyl groups excluding tert-OH is 1. The van der Waals surface area contributed by atoms with Crippen LogP contribution in [0.1, 0.15) is 149 Å². The van der Waals surface area contributed by atoms with E-state index in [0.717, 1.165) is 15.9 Å². The van der Waals surface area contributed by atoms with Crippen molar-refractivity contribution in [1.29, 1.82) is 0 Å². The van der Waals surface area contributed by atoms with E-state index in [0.29, 0.717) is 0 Å². The fourth-order valence-corrected chi connectivity index (χ4v) is 10.8. The first-order chi connectivity index (χ1) is 40.6. The fraction of sp³-hybridized carbons (Fsp3) is 0.778. The second kappa shape index (κ2) is 36.1. The van der Waals surface area contributed by atoms with Crippen LogP contribution in [0.3, 0.4) is 0 Å². The molecule has 1 aliphatic rings. The van der Waals surface area contributed by atoms with Crippen LogP contribution in [0.15, 0.2) is 12.2 Å². The number of aliphatic hydroxyl groups is 1. The van der Waals surface area contributed by atoms with Gasteiger partial charge in [0, 0.05) is 55.4 Å². The van der Waals surface area contributed by atoms with E-state index in [1.54, 1.807) is 41.5 Å². The second-order valence-corrected chi connectivity index (χ2v) is 26.4. The standard InChI is InChI=1S/C63H111N11O14/c1-25-43-59(83)68(17)33-48(75)69(18)44(29-34(2)3)56(80)67-50(38(10)11)62(86)70(19)45(30-35(4)5)55(79)64-41(15)54(78)65-42(16)58(82)71(20)46(31-36(6)7)60(84)72(21)47(32-37(8)9)61(85)73(22)51(39(12)13)63(87)74(23)52(57(81)66-43)53(77)40(14)27-26-28-49(76)88-24/h26,28,34-47,50-53,77H,25,27,29-33H2,1-24H3,(H,64,79)(H,65,78)(H,66,81)(H,67,80)/b28-26+/t40-,41+,42-,43+,44+,45-,46+,47-,50+,51+,52+,53-/m1/s1. The van der Waals surface area contributed by atoms with Crippen molar-refractivity contribution in [1.82, 2.24) is 55.6 Å². The molecule has 0 aromatic carbocycles. The monoisotopic (exact) mass is 1250 g/mol. The molecule has 0 bridgehead atoms. The van der Waals surface area contributed by atoms with Crippen molar-refractivity contribution in [3.63, 3.8) is 0 Å². The molecule has 1 fully saturated rings. The third-order valence-corrected chi connectivity index (χ3v) is 16.3. The summed E-state index contributed by atoms with van der Waals surface area (Å²) in [5, 5.41) is 23.1. The molecule has 5 N–H and O–H groups in total. The molecule has 1 heterocycles. The van der Waals surface area contributed by atoms with Crippen LogP contribution in [0.5, 0.6) is 0 Å². The molecule has 0 radical (unpaired) electrons. The summed E-state index contributed by atoms with van der Waals surface area (Å²) >= 11 is 0. The number of allylic oxidation sites excluding steroid dienone is 1. The van der Waals surface area contributed by atoms with Gasteiger partial charge in [-0.05, 0) is 93.8 Å². The average Bonchev–Trinajstić information content (AvgIpc) is 2.89. The molecule has 25 heteroatoms. The summed E-state index contributed by atoms with van der Waals surface area (Å²) in [7, 11) is 10.9. The minimum atomic E-state index is -1.73. The summed E-state index contributed by atoms with van der Waals surface area (Å²) in [6.45, 7) is 27.1. The summed E-state index contributed by atoms with van der Waals surface area (Å²) in [4.78, 5) is 181. The van der Waals surface area contributed by atoms with Gasteiger partial charge in [-0.2, -0.15) is 0 Å². The van der Waals surface area contributed by atoms with Crippen molar-refractivity contribution >= 4 is 70.9 Å². The number of carbonyl (C=O) groups is 12. The SMILES string of the molecule is CC[C@@H]1NC(=O)[C@H]([C@H](O)[C@H](C)C/C=C/C(=O)OC)N(C)C(=O)[C@H](C(C)C)N(C)C(=O)[C@@H](CC(C)C)N(C)C(=O)[C@H](CC(C)C)N(C)C(=O)[C@@H](C)NC(=O)[C@H](C)NC(=O)[C@@H](CC(C)C)N(C)C(=O)[C@H](C(C)C)NC(=O)[C@H](CC(C)C)N(C)C(=O)CN(C)C1=O. The van der Waals surface area contributed by atoms with Crippen molar-refractivity contribution in [2.75, 3.05) is 63.0 Å². The number of amides is 11. The van der Waals surface area contributed by atoms with Crippen molar-refractivity contribution in [2.24, 2.45) is 41.4 Å². The van der Waals surface area contributed by atoms with Crippen LogP contribution in [-0.2, 0) is 62.3 Å². The lowest BCUT2D eigenvalue weighted by molar-refractivity contribution is -0.157. The Labute approximate surface area is 524 Å². The molecular formula is C63H111N11O14. The predicted octanol–water partition coefficient (Wildman–Crippen LogP) is 2.42. The van der Waals surface area contributed by atoms with Crippen molar-refractivity contribution in [2.45, 2.75) is 216 Å². The minimum absolute atomic E-state index is 0.0176. The average molecular weight is 1250 g/mol. The Morgan fingerprint density at radius 2 is 0.920 bits per heavy atom. The van der Waals surface area contributed by atoms with Gasteiger partial charge in [0.1, 0.15) is 60.4 Å². The minimum Gasteiger partial charge on any atom is -0.466 e. The molecule has 12 atom stereocenters. The van der Waals surface area contributed by atoms with E-state index in [-0.39, 0.29) is 62.2 Å². The highest BCUT2D eigenvalue weighted by atomic mass is 16.5. The largest absolute Gasteiger partial charge is 0.466 e. The number of rotatable bonds is 16. The Morgan fingerprint density at radius 3 is 1.38 bits per heavy atom. The highest BCUT2D eigenvalue weighted by molar-refractivity contribution is 5.99. The van der Waals surface area contributed by atoms with Crippen LogP contribution in [0.25, 0.3) is 0 Å². The number of carbonyl (C=O) groups excluding carboxylic acids is 12. The van der Waals surface area contributed by atoms with E-state index in [4.69, 9.17) is 4.74 Å². The van der Waals surface area contributed by atoms with Gasteiger partial charge in [0.25, 0.3) is 0 Å². The van der Waals surface area contributed by atoms with Crippen LogP contribution in [0.2, 0.25) is 0 Å². The number of likely N-dealkylation sites (N-methyl/N-ethyl adjacent to an activating group) is 7. The molecule has 25 nitrogen and oxygen atoms in total. The maximum atomic E-state index is 15.2. The van der Waals surface area contributed by atoms with E-state index in [1.807, 2.05) is 55.4 Å². The van der Waals surface area contributed by atoms with E-state index in [1.165, 1.54) is 101 Å². The van der Waals surface area contributed by atoms with Gasteiger partial charge >= 0.3 is 5.97 Å². The smallest absolute Gasteiger partial charge is 0.330 e. The Kier molecular flexibility index (Phi) is 32.6. The molecule has 0 aliphatic carbocycles. The van der Waals surface area contributed by atoms with Gasteiger partial charge in [0.05, 0.1) is 19.8 Å². The lowest BCUT2D eigenvalue weighted by Gasteiger charge is -2.41. The van der Waals surface area contributed by atoms with Crippen LogP contribution in [0, 0.1) is 41.4 Å². The quantitative estimate of drug-likeness (QED) is 0.110. The zero-order valence-corrected chi connectivity index (χ0v) is 57.4. The summed E-state index contributed by atoms with van der Waals surface area (Å²) in [6, 6.07) is -12.8. The zero-order valence-electron chi connectivity index (χ0n) is 57.4. The number of methoxy groups -OCH3 is 1. The van der Waals surface area contributed by atoms with Crippen LogP contribution >= 0.6 is 0 Å². The van der Waals surface area contributed by atoms with Gasteiger partial charge in [-0.25, -0.2) is 4.79 Å². The van der Waals surface area contributed by atoms with Gasteiger partial charge in [-0.15, -0.1) is 0 Å². The maximum Gasteiger partial charge on any atom is 0.330 e. The number of nitrogens with one attached hydrogen (secondary N) is 4. The summed E-state index contributed by atoms with van der Waals surface area (Å²) in [6.07, 6.45) is 1.43. The van der Waals surface area contributed by atoms with Crippen molar-refractivity contribution < 1.29 is 67.4 Å². The fourth-order valence-electron chi connectivity index (χ4n) is 10.8. The van der Waals surface area contributed by atoms with Crippen LogP contribution < -0.4 is 21.3 Å². The van der Waals surface area contributed by atoms with Gasteiger partial charge in [0.15, 0.2) is 0 Å². The molecule has 502 valence electrons. The van der Waals surface area contributed by atoms with Crippen molar-refractivity contribution in [3.05, 3.63) is 12.2 Å². The lowest BCUT2D eigenvalue weighted by atomic mass is 9.91. The molecular weight excluding hydrogens is 1130 g/mol. The second-order valence-electron chi connectivity index (χ2n) is 26.4. The van der Waals surface area contributed by atoms with Crippen LogP contribution in [0.4, 0.5) is 0 Å². The first-order valence-corrected chi connectivity index (χ1v) is 31.1. The van der Waals surface area contributed by atoms with Gasteiger partial charge in [-0.3, -0.25) is 52.7 Å². The predicted molar refractivity (Wildman–Crippen MR) is 335 cm³/mol. The highest BCUT2D eigenvalue weighted by Crippen LogP contribution is 2.26. The van der Waals surface area contributed by atoms with Gasteiger partial charge < -0.3 is 65.4 Å². The van der Waals surface area contributed by atoms with Gasteiger partial charge in [-0.1, -0.05) is 103 Å². The summed E-state index contributed by atoms with van der Waals surface area (Å²) in [5.74, 6) is -11.2. The lowest BCUT2D eigenvalue weighted by Crippen LogP contribution is -2.63. The number of nitrogens with zero attached hydrogens (tertiary/aromatic N) is 7. The first-order valence-electron chi connectivity index (χ1n) is 31.1. The molecule has 88 heavy (non-hydrogen) atoms. The van der Waals surface area contributed by atoms with E-state index in [9.17, 15) is 53.1 Å². The first kappa shape index (κ1) is 79.4. The van der Waals surface area contributed by atoms with E-state index in [2.05, 4.69) is 21.3 Å². The normalized spacial score (nSPS) is 26.3. The highest BCUT2D eigenvalue weighted by Gasteiger charge is 2.46. The summed E-state index contributed by atoms with van der Waals surface area (Å²) < 4.78 is 4.72. The number of hydrogen-bond acceptors (Lipinski definition) is 14. The number of esters is 1. The van der Waals surface area contributed by atoms with E-state index < -0.39 is 162 Å². The maximum absolute atomic E-state index is 15.2. The number of hydrogen-bond donors (Lipinski definition) is 5. The van der Waals surface area contributed by atoms with Gasteiger partial charge in [0.2, 0.25) is 65.0 Å². The molecule has 0 spiro atoms. The molecule has 1 aliphatic heterocycles. The van der Waals surface area contributed by atoms with Crippen molar-refractivity contribution in [3.8, 4) is 0 Å². The number of ether oxygens (including phenoxy) is 1. The van der Waals surface area contributed by atoms with Crippen LogP contribution in [-0.4, -0.2) is 240 Å². The van der Waals surface area contributed by atoms with E-state index >= 15 is 9.59 Å². The third-order valence-electron chi connectivity index (χ3n) is 16.3. The molecule has 1 saturated heterocycles. The molecule has 1 rings (SSSR count). The third kappa shape index (κ3) is 22.4. The Balaban J connectivity index is 4.36. The Morgan fingerprint density at radius 1 is 0.500 bits per heavy atom. The summed E-state index contributed by atoms with van der Waals surface area (Å²) in [5.41, 5.74) is 0. The topological polar surface area (TPSA) is 305 Å². The molecule has 0 saturated carbocycles. The molecule has 0 aromatic heterocycles. The Hall–Kier alpha value is -6.66.